The van der Waals surface area contributed by atoms with Crippen molar-refractivity contribution in [3.63, 3.8) is 0 Å². The van der Waals surface area contributed by atoms with Crippen LogP contribution in [0.2, 0.25) is 0 Å². The zero-order valence-corrected chi connectivity index (χ0v) is 17.3. The van der Waals surface area contributed by atoms with Crippen molar-refractivity contribution in [1.82, 2.24) is 9.55 Å². The highest BCUT2D eigenvalue weighted by Gasteiger charge is 2.15. The largest absolute Gasteiger partial charge is 0.493 e. The molecule has 0 radical (unpaired) electrons. The maximum atomic E-state index is 13.3. The molecular weight excluding hydrogens is 403 g/mol. The monoisotopic (exact) mass is 422 g/mol. The molecule has 0 saturated heterocycles. The van der Waals surface area contributed by atoms with Crippen LogP contribution in [0.4, 0.5) is 4.39 Å². The SMILES string of the molecule is COc1ccc(-n2c(SCc3ccc(F)cc3)nc3ccccc3c2=O)cc1OC. The zero-order valence-electron chi connectivity index (χ0n) is 16.5. The number of para-hydroxylation sites is 1. The molecule has 7 heteroatoms. The van der Waals surface area contributed by atoms with Gasteiger partial charge in [0.05, 0.1) is 30.8 Å². The van der Waals surface area contributed by atoms with Crippen molar-refractivity contribution >= 4 is 22.7 Å². The smallest absolute Gasteiger partial charge is 0.266 e. The number of fused-ring (bicyclic) bond motifs is 1. The summed E-state index contributed by atoms with van der Waals surface area (Å²) in [6, 6.07) is 18.8. The predicted molar refractivity (Wildman–Crippen MR) is 116 cm³/mol. The van der Waals surface area contributed by atoms with Gasteiger partial charge >= 0.3 is 0 Å². The molecule has 0 amide bonds. The number of aromatic nitrogens is 2. The summed E-state index contributed by atoms with van der Waals surface area (Å²) in [6.07, 6.45) is 0. The molecule has 0 unspecified atom stereocenters. The van der Waals surface area contributed by atoms with Crippen molar-refractivity contribution < 1.29 is 13.9 Å². The van der Waals surface area contributed by atoms with Gasteiger partial charge in [-0.25, -0.2) is 9.37 Å². The predicted octanol–water partition coefficient (Wildman–Crippen LogP) is 4.83. The molecule has 3 aromatic carbocycles. The van der Waals surface area contributed by atoms with Crippen LogP contribution in [0.15, 0.2) is 76.7 Å². The molecule has 30 heavy (non-hydrogen) atoms. The van der Waals surface area contributed by atoms with Gasteiger partial charge in [-0.05, 0) is 42.0 Å². The first-order valence-electron chi connectivity index (χ1n) is 9.22. The van der Waals surface area contributed by atoms with Crippen molar-refractivity contribution in [3.05, 3.63) is 88.5 Å². The van der Waals surface area contributed by atoms with E-state index >= 15 is 0 Å². The molecule has 0 saturated carbocycles. The lowest BCUT2D eigenvalue weighted by molar-refractivity contribution is 0.354. The van der Waals surface area contributed by atoms with E-state index in [9.17, 15) is 9.18 Å². The highest BCUT2D eigenvalue weighted by Crippen LogP contribution is 2.31. The molecule has 4 aromatic rings. The number of methoxy groups -OCH3 is 2. The summed E-state index contributed by atoms with van der Waals surface area (Å²) in [5.74, 6) is 1.35. The van der Waals surface area contributed by atoms with Crippen molar-refractivity contribution in [3.8, 4) is 17.2 Å². The summed E-state index contributed by atoms with van der Waals surface area (Å²) in [4.78, 5) is 18.1. The van der Waals surface area contributed by atoms with Crippen LogP contribution < -0.4 is 15.0 Å². The summed E-state index contributed by atoms with van der Waals surface area (Å²) >= 11 is 1.41. The van der Waals surface area contributed by atoms with Crippen molar-refractivity contribution in [2.24, 2.45) is 0 Å². The molecule has 0 bridgehead atoms. The van der Waals surface area contributed by atoms with E-state index in [1.807, 2.05) is 18.2 Å². The van der Waals surface area contributed by atoms with E-state index in [2.05, 4.69) is 0 Å². The van der Waals surface area contributed by atoms with Gasteiger partial charge in [0.15, 0.2) is 16.7 Å². The molecule has 4 rings (SSSR count). The Labute approximate surface area is 177 Å². The van der Waals surface area contributed by atoms with Crippen molar-refractivity contribution in [2.75, 3.05) is 14.2 Å². The normalized spacial score (nSPS) is 10.9. The standard InChI is InChI=1S/C23H19FN2O3S/c1-28-20-12-11-17(13-21(20)29-2)26-22(27)18-5-3-4-6-19(18)25-23(26)30-14-15-7-9-16(24)10-8-15/h3-13H,14H2,1-2H3. The van der Waals surface area contributed by atoms with Crippen LogP contribution in [-0.2, 0) is 5.75 Å². The van der Waals surface area contributed by atoms with Crippen molar-refractivity contribution in [1.29, 1.82) is 0 Å². The molecule has 152 valence electrons. The minimum atomic E-state index is -0.283. The Balaban J connectivity index is 1.84. The van der Waals surface area contributed by atoms with E-state index in [4.69, 9.17) is 14.5 Å². The summed E-state index contributed by atoms with van der Waals surface area (Å²) in [5, 5.41) is 1.06. The first-order valence-corrected chi connectivity index (χ1v) is 10.2. The Bertz CT molecular complexity index is 1260. The maximum Gasteiger partial charge on any atom is 0.266 e. The van der Waals surface area contributed by atoms with E-state index in [1.54, 1.807) is 55.2 Å². The number of ether oxygens (including phenoxy) is 2. The lowest BCUT2D eigenvalue weighted by Crippen LogP contribution is -2.21. The second kappa shape index (κ2) is 8.59. The summed E-state index contributed by atoms with van der Waals surface area (Å²) in [7, 11) is 3.11. The number of thioether (sulfide) groups is 1. The molecular formula is C23H19FN2O3S. The van der Waals surface area contributed by atoms with Crippen LogP contribution in [0.25, 0.3) is 16.6 Å². The van der Waals surface area contributed by atoms with E-state index < -0.39 is 0 Å². The fraction of sp³-hybridized carbons (Fsp3) is 0.130. The molecule has 0 aliphatic rings. The quantitative estimate of drug-likeness (QED) is 0.329. The third-order valence-electron chi connectivity index (χ3n) is 4.65. The minimum absolute atomic E-state index is 0.172. The van der Waals surface area contributed by atoms with Crippen molar-refractivity contribution in [2.45, 2.75) is 10.9 Å². The Morgan fingerprint density at radius 3 is 2.43 bits per heavy atom. The number of hydrogen-bond donors (Lipinski definition) is 0. The molecule has 0 aliphatic carbocycles. The Morgan fingerprint density at radius 2 is 1.70 bits per heavy atom. The zero-order chi connectivity index (χ0) is 21.1. The number of benzene rings is 3. The van der Waals surface area contributed by atoms with Gasteiger partial charge in [-0.3, -0.25) is 9.36 Å². The second-order valence-corrected chi connectivity index (χ2v) is 7.45. The van der Waals surface area contributed by atoms with Crippen LogP contribution in [0.1, 0.15) is 5.56 Å². The van der Waals surface area contributed by atoms with E-state index in [1.165, 1.54) is 23.9 Å². The molecule has 1 aromatic heterocycles. The van der Waals surface area contributed by atoms with E-state index in [0.717, 1.165) is 5.56 Å². The van der Waals surface area contributed by atoms with Gasteiger partial charge in [0.1, 0.15) is 5.82 Å². The van der Waals surface area contributed by atoms with E-state index in [-0.39, 0.29) is 11.4 Å². The second-order valence-electron chi connectivity index (χ2n) is 6.51. The lowest BCUT2D eigenvalue weighted by Gasteiger charge is -2.15. The molecule has 0 spiro atoms. The average Bonchev–Trinajstić information content (AvgIpc) is 2.78. The summed E-state index contributed by atoms with van der Waals surface area (Å²) in [6.45, 7) is 0. The average molecular weight is 422 g/mol. The van der Waals surface area contributed by atoms with Crippen LogP contribution in [0.5, 0.6) is 11.5 Å². The van der Waals surface area contributed by atoms with Crippen LogP contribution in [-0.4, -0.2) is 23.8 Å². The molecule has 1 heterocycles. The Morgan fingerprint density at radius 1 is 0.967 bits per heavy atom. The maximum absolute atomic E-state index is 13.3. The van der Waals surface area contributed by atoms with E-state index in [0.29, 0.717) is 39.0 Å². The number of hydrogen-bond acceptors (Lipinski definition) is 5. The first-order chi connectivity index (χ1) is 14.6. The van der Waals surface area contributed by atoms with Gasteiger partial charge in [0.25, 0.3) is 5.56 Å². The third-order valence-corrected chi connectivity index (χ3v) is 5.66. The summed E-state index contributed by atoms with van der Waals surface area (Å²) in [5.41, 5.74) is 2.01. The molecule has 5 nitrogen and oxygen atoms in total. The molecule has 0 atom stereocenters. The highest BCUT2D eigenvalue weighted by atomic mass is 32.2. The first kappa shape index (κ1) is 20.0. The fourth-order valence-electron chi connectivity index (χ4n) is 3.13. The van der Waals surface area contributed by atoms with Gasteiger partial charge in [0.2, 0.25) is 0 Å². The molecule has 0 fully saturated rings. The van der Waals surface area contributed by atoms with Gasteiger partial charge in [-0.1, -0.05) is 36.0 Å². The Kier molecular flexibility index (Phi) is 5.72. The number of rotatable bonds is 6. The minimum Gasteiger partial charge on any atom is -0.493 e. The number of nitrogens with zero attached hydrogens (tertiary/aromatic N) is 2. The van der Waals surface area contributed by atoms with Crippen LogP contribution in [0.3, 0.4) is 0 Å². The summed E-state index contributed by atoms with van der Waals surface area (Å²) < 4.78 is 25.5. The van der Waals surface area contributed by atoms with Gasteiger partial charge in [0, 0.05) is 11.8 Å². The highest BCUT2D eigenvalue weighted by molar-refractivity contribution is 7.98. The topological polar surface area (TPSA) is 53.4 Å². The fourth-order valence-corrected chi connectivity index (χ4v) is 4.10. The van der Waals surface area contributed by atoms with Crippen LogP contribution >= 0.6 is 11.8 Å². The molecule has 0 N–H and O–H groups in total. The Hall–Kier alpha value is -3.32. The molecule has 0 aliphatic heterocycles. The lowest BCUT2D eigenvalue weighted by atomic mass is 10.2. The third kappa shape index (κ3) is 3.89. The van der Waals surface area contributed by atoms with Gasteiger partial charge in [-0.15, -0.1) is 0 Å². The van der Waals surface area contributed by atoms with Gasteiger partial charge < -0.3 is 9.47 Å². The van der Waals surface area contributed by atoms with Gasteiger partial charge in [-0.2, -0.15) is 0 Å². The van der Waals surface area contributed by atoms with Crippen LogP contribution in [0, 0.1) is 5.82 Å². The number of halogens is 1.